The zero-order chi connectivity index (χ0) is 16.2. The molecule has 1 aromatic rings. The van der Waals surface area contributed by atoms with Crippen molar-refractivity contribution in [1.82, 2.24) is 0 Å². The molecule has 6 heteroatoms. The molecule has 0 spiro atoms. The molecule has 0 aromatic heterocycles. The van der Waals surface area contributed by atoms with E-state index in [9.17, 15) is 18.1 Å². The van der Waals surface area contributed by atoms with E-state index in [1.54, 1.807) is 13.8 Å². The zero-order valence-corrected chi connectivity index (χ0v) is 13.8. The third-order valence-corrected chi connectivity index (χ3v) is 4.51. The summed E-state index contributed by atoms with van der Waals surface area (Å²) in [6, 6.07) is 1.37. The van der Waals surface area contributed by atoms with Crippen molar-refractivity contribution < 1.29 is 22.8 Å². The van der Waals surface area contributed by atoms with Gasteiger partial charge in [0.25, 0.3) is 10.1 Å². The monoisotopic (exact) mass is 316 g/mol. The van der Waals surface area contributed by atoms with Gasteiger partial charge in [0.15, 0.2) is 6.29 Å². The van der Waals surface area contributed by atoms with E-state index in [-0.39, 0.29) is 10.6 Å². The molecule has 0 saturated heterocycles. The number of hydrogen-bond donors (Lipinski definition) is 2. The van der Waals surface area contributed by atoms with Crippen LogP contribution in [0.4, 0.5) is 0 Å². The van der Waals surface area contributed by atoms with Crippen molar-refractivity contribution in [2.45, 2.75) is 64.6 Å². The summed E-state index contributed by atoms with van der Waals surface area (Å²) in [6.45, 7) is 7.37. The quantitative estimate of drug-likeness (QED) is 0.459. The molecule has 1 atom stereocenters. The smallest absolute Gasteiger partial charge is 0.298 e. The Bertz CT molecular complexity index is 593. The number of rotatable bonds is 7. The van der Waals surface area contributed by atoms with Crippen molar-refractivity contribution in [1.29, 1.82) is 0 Å². The molecule has 0 aliphatic heterocycles. The van der Waals surface area contributed by atoms with E-state index >= 15 is 0 Å². The summed E-state index contributed by atoms with van der Waals surface area (Å²) < 4.78 is 37.8. The van der Waals surface area contributed by atoms with E-state index < -0.39 is 16.4 Å². The maximum Gasteiger partial charge on any atom is 0.298 e. The van der Waals surface area contributed by atoms with Crippen LogP contribution in [0, 0.1) is 20.8 Å². The van der Waals surface area contributed by atoms with Gasteiger partial charge in [0.1, 0.15) is 10.6 Å². The van der Waals surface area contributed by atoms with Crippen LogP contribution in [0.25, 0.3) is 0 Å². The zero-order valence-electron chi connectivity index (χ0n) is 13.0. The van der Waals surface area contributed by atoms with Gasteiger partial charge < -0.3 is 9.84 Å². The first-order valence-corrected chi connectivity index (χ1v) is 8.55. The van der Waals surface area contributed by atoms with Gasteiger partial charge in [-0.2, -0.15) is 8.42 Å². The van der Waals surface area contributed by atoms with Gasteiger partial charge in [0.2, 0.25) is 0 Å². The second-order valence-electron chi connectivity index (χ2n) is 5.31. The molecule has 0 saturated carbocycles. The summed E-state index contributed by atoms with van der Waals surface area (Å²) >= 11 is 0. The second kappa shape index (κ2) is 7.24. The topological polar surface area (TPSA) is 83.8 Å². The van der Waals surface area contributed by atoms with E-state index in [1.807, 2.05) is 6.92 Å². The molecule has 0 aliphatic carbocycles. The van der Waals surface area contributed by atoms with Gasteiger partial charge in [0, 0.05) is 6.42 Å². The first-order valence-electron chi connectivity index (χ1n) is 7.11. The van der Waals surface area contributed by atoms with Crippen molar-refractivity contribution in [2.75, 3.05) is 0 Å². The van der Waals surface area contributed by atoms with Crippen LogP contribution in [-0.2, 0) is 10.1 Å². The molecule has 120 valence electrons. The van der Waals surface area contributed by atoms with Gasteiger partial charge in [-0.1, -0.05) is 19.8 Å². The predicted molar refractivity (Wildman–Crippen MR) is 81.2 cm³/mol. The van der Waals surface area contributed by atoms with Crippen molar-refractivity contribution in [3.63, 3.8) is 0 Å². The molecule has 0 bridgehead atoms. The minimum absolute atomic E-state index is 0.0320. The van der Waals surface area contributed by atoms with Crippen LogP contribution in [-0.4, -0.2) is 24.4 Å². The van der Waals surface area contributed by atoms with Gasteiger partial charge in [0.05, 0.1) is 0 Å². The lowest BCUT2D eigenvalue weighted by molar-refractivity contribution is -0.0271. The maximum atomic E-state index is 11.5. The van der Waals surface area contributed by atoms with Crippen LogP contribution >= 0.6 is 0 Å². The van der Waals surface area contributed by atoms with Gasteiger partial charge in [-0.15, -0.1) is 0 Å². The number of unbranched alkanes of at least 4 members (excludes halogenated alkanes) is 2. The van der Waals surface area contributed by atoms with E-state index in [0.717, 1.165) is 30.4 Å². The van der Waals surface area contributed by atoms with Crippen LogP contribution in [0.3, 0.4) is 0 Å². The highest BCUT2D eigenvalue weighted by Crippen LogP contribution is 2.33. The summed E-state index contributed by atoms with van der Waals surface area (Å²) in [4.78, 5) is -0.294. The van der Waals surface area contributed by atoms with Crippen molar-refractivity contribution >= 4 is 10.1 Å². The Morgan fingerprint density at radius 1 is 1.19 bits per heavy atom. The van der Waals surface area contributed by atoms with E-state index in [2.05, 4.69) is 6.92 Å². The molecular weight excluding hydrogens is 292 g/mol. The van der Waals surface area contributed by atoms with E-state index in [1.165, 1.54) is 6.07 Å². The fraction of sp³-hybridized carbons (Fsp3) is 0.600. The molecular formula is C15H24O5S. The largest absolute Gasteiger partial charge is 0.463 e. The van der Waals surface area contributed by atoms with Crippen LogP contribution in [0.2, 0.25) is 0 Å². The Labute approximate surface area is 126 Å². The molecule has 1 unspecified atom stereocenters. The Kier molecular flexibility index (Phi) is 6.19. The van der Waals surface area contributed by atoms with Crippen LogP contribution in [0.5, 0.6) is 5.75 Å². The highest BCUT2D eigenvalue weighted by atomic mass is 32.2. The molecule has 0 heterocycles. The van der Waals surface area contributed by atoms with Crippen molar-refractivity contribution in [3.8, 4) is 5.75 Å². The summed E-state index contributed by atoms with van der Waals surface area (Å²) in [5.74, 6) is 0.0320. The van der Waals surface area contributed by atoms with E-state index in [0.29, 0.717) is 12.0 Å². The first kappa shape index (κ1) is 17.9. The first-order chi connectivity index (χ1) is 9.68. The molecule has 1 rings (SSSR count). The van der Waals surface area contributed by atoms with Gasteiger partial charge in [-0.05, 0) is 49.9 Å². The molecule has 5 nitrogen and oxygen atoms in total. The molecule has 0 radical (unpaired) electrons. The highest BCUT2D eigenvalue weighted by molar-refractivity contribution is 7.86. The fourth-order valence-electron chi connectivity index (χ4n) is 2.12. The summed E-state index contributed by atoms with van der Waals surface area (Å²) in [6.07, 6.45) is 2.12. The Hall–Kier alpha value is -1.11. The Morgan fingerprint density at radius 2 is 1.81 bits per heavy atom. The Morgan fingerprint density at radius 3 is 2.33 bits per heavy atom. The average Bonchev–Trinajstić information content (AvgIpc) is 2.38. The normalized spacial score (nSPS) is 13.2. The molecule has 21 heavy (non-hydrogen) atoms. The molecule has 2 N–H and O–H groups in total. The second-order valence-corrected chi connectivity index (χ2v) is 6.70. The summed E-state index contributed by atoms with van der Waals surface area (Å²) in [7, 11) is -4.40. The van der Waals surface area contributed by atoms with E-state index in [4.69, 9.17) is 4.74 Å². The number of ether oxygens (including phenoxy) is 1. The van der Waals surface area contributed by atoms with Crippen molar-refractivity contribution in [2.24, 2.45) is 0 Å². The maximum absolute atomic E-state index is 11.5. The third-order valence-electron chi connectivity index (χ3n) is 3.65. The van der Waals surface area contributed by atoms with Gasteiger partial charge in [-0.3, -0.25) is 4.55 Å². The summed E-state index contributed by atoms with van der Waals surface area (Å²) in [5.41, 5.74) is 2.23. The highest BCUT2D eigenvalue weighted by Gasteiger charge is 2.23. The molecule has 0 aliphatic rings. The minimum Gasteiger partial charge on any atom is -0.463 e. The fourth-order valence-corrected chi connectivity index (χ4v) is 2.88. The SMILES string of the molecule is CCCCCC(O)Oc1c(S(=O)(=O)O)cc(C)c(C)c1C. The lowest BCUT2D eigenvalue weighted by Gasteiger charge is -2.19. The van der Waals surface area contributed by atoms with Crippen LogP contribution < -0.4 is 4.74 Å². The Balaban J connectivity index is 3.13. The van der Waals surface area contributed by atoms with Crippen molar-refractivity contribution in [3.05, 3.63) is 22.8 Å². The average molecular weight is 316 g/mol. The summed E-state index contributed by atoms with van der Waals surface area (Å²) in [5, 5.41) is 9.91. The third kappa shape index (κ3) is 4.69. The predicted octanol–water partition coefficient (Wildman–Crippen LogP) is 3.14. The molecule has 0 amide bonds. The van der Waals surface area contributed by atoms with Crippen LogP contribution in [0.1, 0.15) is 49.3 Å². The minimum atomic E-state index is -4.40. The number of hydrogen-bond acceptors (Lipinski definition) is 4. The van der Waals surface area contributed by atoms with Gasteiger partial charge in [-0.25, -0.2) is 0 Å². The van der Waals surface area contributed by atoms with Gasteiger partial charge >= 0.3 is 0 Å². The molecule has 1 aromatic carbocycles. The molecule has 0 fully saturated rings. The standard InChI is InChI=1S/C15H24O5S/c1-5-6-7-8-14(16)20-15-12(4)11(3)10(2)9-13(15)21(17,18)19/h9,14,16H,5-8H2,1-4H3,(H,17,18,19). The van der Waals surface area contributed by atoms with Crippen LogP contribution in [0.15, 0.2) is 11.0 Å². The number of aryl methyl sites for hydroxylation is 1. The number of benzene rings is 1. The number of aliphatic hydroxyl groups is 1. The lowest BCUT2D eigenvalue weighted by Crippen LogP contribution is -2.18. The lowest BCUT2D eigenvalue weighted by atomic mass is 10.0. The number of aliphatic hydroxyl groups excluding tert-OH is 1.